The van der Waals surface area contributed by atoms with Crippen LogP contribution in [0.5, 0.6) is 5.75 Å². The second-order valence-electron chi connectivity index (χ2n) is 5.38. The zero-order valence-electron chi connectivity index (χ0n) is 13.9. The topological polar surface area (TPSA) is 42.4 Å². The molecule has 4 nitrogen and oxygen atoms in total. The van der Waals surface area contributed by atoms with Crippen LogP contribution in [-0.4, -0.2) is 28.9 Å². The lowest BCUT2D eigenvalue weighted by atomic mass is 10.2. The molecule has 0 atom stereocenters. The minimum atomic E-state index is -4.47. The summed E-state index contributed by atoms with van der Waals surface area (Å²) in [5.41, 5.74) is -0.446. The maximum Gasteiger partial charge on any atom is 0.416 e. The molecular weight excluding hydrogens is 345 g/mol. The van der Waals surface area contributed by atoms with Gasteiger partial charge in [-0.15, -0.1) is 6.58 Å². The van der Waals surface area contributed by atoms with Gasteiger partial charge in [0.2, 0.25) is 0 Å². The Morgan fingerprint density at radius 1 is 1.27 bits per heavy atom. The van der Waals surface area contributed by atoms with Crippen LogP contribution in [0.4, 0.5) is 13.2 Å². The first-order valence-corrected chi connectivity index (χ1v) is 7.64. The number of ether oxygens (including phenoxy) is 1. The predicted molar refractivity (Wildman–Crippen MR) is 91.5 cm³/mol. The molecule has 7 heteroatoms. The van der Waals surface area contributed by atoms with Gasteiger partial charge in [-0.3, -0.25) is 9.78 Å². The number of amides is 1. The van der Waals surface area contributed by atoms with Crippen LogP contribution in [0.25, 0.3) is 0 Å². The van der Waals surface area contributed by atoms with E-state index in [0.717, 1.165) is 12.1 Å². The molecule has 0 fully saturated rings. The third-order valence-electron chi connectivity index (χ3n) is 3.34. The van der Waals surface area contributed by atoms with Gasteiger partial charge in [-0.1, -0.05) is 18.7 Å². The van der Waals surface area contributed by atoms with Gasteiger partial charge < -0.3 is 9.64 Å². The number of alkyl halides is 3. The van der Waals surface area contributed by atoms with Gasteiger partial charge in [0.05, 0.1) is 17.7 Å². The van der Waals surface area contributed by atoms with Gasteiger partial charge in [-0.05, 0) is 30.3 Å². The first-order chi connectivity index (χ1) is 12.3. The molecule has 2 rings (SSSR count). The molecule has 136 valence electrons. The van der Waals surface area contributed by atoms with Gasteiger partial charge in [0.1, 0.15) is 11.5 Å². The van der Waals surface area contributed by atoms with E-state index in [0.29, 0.717) is 5.56 Å². The standard InChI is InChI=1S/C19H17F3N2O2/c1-3-10-24(18(25)15-6-5-9-23-12-15)13-14(2)26-17-8-4-7-16(11-17)19(20,21)22/h3-9,11-12H,1-2,10,13H2. The molecule has 2 aromatic rings. The number of carbonyl (C=O) groups is 1. The number of halogens is 3. The predicted octanol–water partition coefficient (Wildman–Crippen LogP) is 4.32. The Kier molecular flexibility index (Phi) is 6.16. The Labute approximate surface area is 149 Å². The van der Waals surface area contributed by atoms with Gasteiger partial charge in [0.15, 0.2) is 0 Å². The Bertz CT molecular complexity index is 789. The average molecular weight is 362 g/mol. The molecule has 1 aromatic carbocycles. The molecular formula is C19H17F3N2O2. The Hall–Kier alpha value is -3.09. The minimum absolute atomic E-state index is 0.00259. The smallest absolute Gasteiger partial charge is 0.416 e. The van der Waals surface area contributed by atoms with E-state index in [-0.39, 0.29) is 30.5 Å². The van der Waals surface area contributed by atoms with E-state index in [1.807, 2.05) is 0 Å². The quantitative estimate of drug-likeness (QED) is 0.544. The molecule has 0 aliphatic rings. The van der Waals surface area contributed by atoms with Crippen LogP contribution >= 0.6 is 0 Å². The highest BCUT2D eigenvalue weighted by Crippen LogP contribution is 2.31. The first kappa shape index (κ1) is 19.2. The number of rotatable bonds is 7. The molecule has 0 saturated heterocycles. The summed E-state index contributed by atoms with van der Waals surface area (Å²) in [6.07, 6.45) is 0.0385. The monoisotopic (exact) mass is 362 g/mol. The molecule has 0 unspecified atom stereocenters. The highest BCUT2D eigenvalue weighted by Gasteiger charge is 2.30. The largest absolute Gasteiger partial charge is 0.460 e. The third-order valence-corrected chi connectivity index (χ3v) is 3.34. The van der Waals surface area contributed by atoms with Crippen molar-refractivity contribution in [1.29, 1.82) is 0 Å². The number of pyridine rings is 1. The Balaban J connectivity index is 2.09. The Morgan fingerprint density at radius 3 is 2.65 bits per heavy atom. The average Bonchev–Trinajstić information content (AvgIpc) is 2.61. The van der Waals surface area contributed by atoms with Crippen LogP contribution in [0.3, 0.4) is 0 Å². The van der Waals surface area contributed by atoms with E-state index in [4.69, 9.17) is 4.74 Å². The maximum absolute atomic E-state index is 12.8. The summed E-state index contributed by atoms with van der Waals surface area (Å²) in [5, 5.41) is 0. The van der Waals surface area contributed by atoms with Crippen LogP contribution in [0.1, 0.15) is 15.9 Å². The zero-order chi connectivity index (χ0) is 19.2. The van der Waals surface area contributed by atoms with Gasteiger partial charge in [0, 0.05) is 18.9 Å². The molecule has 1 amide bonds. The fraction of sp³-hybridized carbons (Fsp3) is 0.158. The van der Waals surface area contributed by atoms with Crippen LogP contribution in [0.15, 0.2) is 73.8 Å². The van der Waals surface area contributed by atoms with Crippen LogP contribution in [-0.2, 0) is 6.18 Å². The highest BCUT2D eigenvalue weighted by atomic mass is 19.4. The highest BCUT2D eigenvalue weighted by molar-refractivity contribution is 5.94. The summed E-state index contributed by atoms with van der Waals surface area (Å²) in [6.45, 7) is 7.51. The van der Waals surface area contributed by atoms with Crippen LogP contribution < -0.4 is 4.74 Å². The van der Waals surface area contributed by atoms with Crippen molar-refractivity contribution < 1.29 is 22.7 Å². The molecule has 1 heterocycles. The molecule has 0 N–H and O–H groups in total. The zero-order valence-corrected chi connectivity index (χ0v) is 13.9. The molecule has 1 aromatic heterocycles. The molecule has 26 heavy (non-hydrogen) atoms. The van der Waals surface area contributed by atoms with E-state index in [9.17, 15) is 18.0 Å². The van der Waals surface area contributed by atoms with Gasteiger partial charge in [-0.25, -0.2) is 0 Å². The summed E-state index contributed by atoms with van der Waals surface area (Å²) in [4.78, 5) is 17.8. The molecule has 0 spiro atoms. The van der Waals surface area contributed by atoms with Crippen molar-refractivity contribution in [3.05, 3.63) is 84.9 Å². The van der Waals surface area contributed by atoms with Crippen molar-refractivity contribution >= 4 is 5.91 Å². The first-order valence-electron chi connectivity index (χ1n) is 7.64. The van der Waals surface area contributed by atoms with E-state index >= 15 is 0 Å². The van der Waals surface area contributed by atoms with E-state index in [1.165, 1.54) is 29.3 Å². The summed E-state index contributed by atoms with van der Waals surface area (Å²) < 4.78 is 43.7. The van der Waals surface area contributed by atoms with Gasteiger partial charge >= 0.3 is 6.18 Å². The van der Waals surface area contributed by atoms with Crippen molar-refractivity contribution in [2.24, 2.45) is 0 Å². The summed E-state index contributed by atoms with van der Waals surface area (Å²) >= 11 is 0. The fourth-order valence-corrected chi connectivity index (χ4v) is 2.19. The summed E-state index contributed by atoms with van der Waals surface area (Å²) in [6, 6.07) is 7.71. The number of nitrogens with zero attached hydrogens (tertiary/aromatic N) is 2. The third kappa shape index (κ3) is 5.20. The van der Waals surface area contributed by atoms with Crippen LogP contribution in [0, 0.1) is 0 Å². The number of aromatic nitrogens is 1. The van der Waals surface area contributed by atoms with Gasteiger partial charge in [0.25, 0.3) is 5.91 Å². The van der Waals surface area contributed by atoms with E-state index in [2.05, 4.69) is 18.1 Å². The van der Waals surface area contributed by atoms with Crippen molar-refractivity contribution in [3.63, 3.8) is 0 Å². The molecule has 0 bridgehead atoms. The van der Waals surface area contributed by atoms with Crippen molar-refractivity contribution in [2.75, 3.05) is 13.1 Å². The molecule has 0 radical (unpaired) electrons. The second kappa shape index (κ2) is 8.33. The van der Waals surface area contributed by atoms with Crippen molar-refractivity contribution in [2.45, 2.75) is 6.18 Å². The lowest BCUT2D eigenvalue weighted by Gasteiger charge is -2.22. The molecule has 0 saturated carbocycles. The van der Waals surface area contributed by atoms with Crippen molar-refractivity contribution in [1.82, 2.24) is 9.88 Å². The number of carbonyl (C=O) groups excluding carboxylic acids is 1. The number of hydrogen-bond donors (Lipinski definition) is 0. The van der Waals surface area contributed by atoms with E-state index < -0.39 is 11.7 Å². The van der Waals surface area contributed by atoms with Crippen LogP contribution in [0.2, 0.25) is 0 Å². The molecule has 0 aliphatic heterocycles. The van der Waals surface area contributed by atoms with Crippen molar-refractivity contribution in [3.8, 4) is 5.75 Å². The molecule has 0 aliphatic carbocycles. The second-order valence-corrected chi connectivity index (χ2v) is 5.38. The number of hydrogen-bond acceptors (Lipinski definition) is 3. The summed E-state index contributed by atoms with van der Waals surface area (Å²) in [7, 11) is 0. The number of benzene rings is 1. The maximum atomic E-state index is 12.8. The lowest BCUT2D eigenvalue weighted by Crippen LogP contribution is -2.33. The summed E-state index contributed by atoms with van der Waals surface area (Å²) in [5.74, 6) is -0.188. The normalized spacial score (nSPS) is 10.9. The Morgan fingerprint density at radius 2 is 2.04 bits per heavy atom. The fourth-order valence-electron chi connectivity index (χ4n) is 2.19. The SMILES string of the molecule is C=CCN(CC(=C)Oc1cccc(C(F)(F)F)c1)C(=O)c1cccnc1. The van der Waals surface area contributed by atoms with E-state index in [1.54, 1.807) is 18.3 Å². The van der Waals surface area contributed by atoms with Gasteiger partial charge in [-0.2, -0.15) is 13.2 Å². The minimum Gasteiger partial charge on any atom is -0.460 e. The lowest BCUT2D eigenvalue weighted by molar-refractivity contribution is -0.137.